The summed E-state index contributed by atoms with van der Waals surface area (Å²) in [4.78, 5) is 2.31. The van der Waals surface area contributed by atoms with Crippen LogP contribution in [0, 0.1) is 11.3 Å². The Morgan fingerprint density at radius 1 is 1.33 bits per heavy atom. The highest BCUT2D eigenvalue weighted by molar-refractivity contribution is 7.99. The van der Waals surface area contributed by atoms with E-state index < -0.39 is 0 Å². The lowest BCUT2D eigenvalue weighted by atomic mass is 10.1. The molecule has 2 N–H and O–H groups in total. The average molecular weight is 219 g/mol. The van der Waals surface area contributed by atoms with Gasteiger partial charge in [0.25, 0.3) is 0 Å². The highest BCUT2D eigenvalue weighted by Crippen LogP contribution is 2.23. The van der Waals surface area contributed by atoms with Crippen molar-refractivity contribution in [1.29, 1.82) is 5.26 Å². The fraction of sp³-hybridized carbons (Fsp3) is 0.364. The number of hydrogen-bond acceptors (Lipinski definition) is 4. The molecule has 1 fully saturated rings. The second kappa shape index (κ2) is 4.45. The fourth-order valence-corrected chi connectivity index (χ4v) is 2.57. The summed E-state index contributed by atoms with van der Waals surface area (Å²) in [5.41, 5.74) is 8.05. The maximum atomic E-state index is 8.77. The highest BCUT2D eigenvalue weighted by atomic mass is 32.2. The molecule has 0 aliphatic carbocycles. The van der Waals surface area contributed by atoms with E-state index in [-0.39, 0.29) is 0 Å². The number of anilines is 2. The summed E-state index contributed by atoms with van der Waals surface area (Å²) in [5, 5.41) is 8.77. The highest BCUT2D eigenvalue weighted by Gasteiger charge is 2.11. The Balaban J connectivity index is 2.22. The number of nitrogen functional groups attached to an aromatic ring is 1. The van der Waals surface area contributed by atoms with Crippen LogP contribution in [-0.4, -0.2) is 24.6 Å². The van der Waals surface area contributed by atoms with Gasteiger partial charge in [-0.3, -0.25) is 0 Å². The van der Waals surface area contributed by atoms with E-state index in [1.165, 1.54) is 11.5 Å². The van der Waals surface area contributed by atoms with Gasteiger partial charge in [-0.2, -0.15) is 17.0 Å². The van der Waals surface area contributed by atoms with Crippen molar-refractivity contribution in [2.45, 2.75) is 0 Å². The summed E-state index contributed by atoms with van der Waals surface area (Å²) >= 11 is 1.98. The van der Waals surface area contributed by atoms with Crippen LogP contribution in [0.15, 0.2) is 18.2 Å². The van der Waals surface area contributed by atoms with E-state index in [1.54, 1.807) is 6.07 Å². The molecule has 0 spiro atoms. The first-order valence-electron chi connectivity index (χ1n) is 4.93. The molecule has 0 radical (unpaired) electrons. The third-order valence-electron chi connectivity index (χ3n) is 2.53. The third kappa shape index (κ3) is 2.18. The molecule has 0 atom stereocenters. The molecule has 1 aromatic rings. The Hall–Kier alpha value is -1.34. The van der Waals surface area contributed by atoms with Gasteiger partial charge >= 0.3 is 0 Å². The Labute approximate surface area is 93.9 Å². The number of nitrogens with two attached hydrogens (primary N) is 1. The van der Waals surface area contributed by atoms with Crippen LogP contribution < -0.4 is 10.6 Å². The normalized spacial score (nSPS) is 16.1. The number of rotatable bonds is 1. The summed E-state index contributed by atoms with van der Waals surface area (Å²) < 4.78 is 0. The van der Waals surface area contributed by atoms with E-state index in [1.807, 2.05) is 23.9 Å². The molecule has 0 aromatic heterocycles. The Morgan fingerprint density at radius 2 is 2.07 bits per heavy atom. The zero-order valence-electron chi connectivity index (χ0n) is 8.44. The maximum absolute atomic E-state index is 8.77. The Kier molecular flexibility index (Phi) is 3.02. The molecule has 0 bridgehead atoms. The average Bonchev–Trinajstić information content (AvgIpc) is 2.30. The molecule has 1 saturated heterocycles. The predicted molar refractivity (Wildman–Crippen MR) is 65.1 cm³/mol. The second-order valence-corrected chi connectivity index (χ2v) is 4.71. The van der Waals surface area contributed by atoms with Crippen molar-refractivity contribution in [3.05, 3.63) is 23.8 Å². The van der Waals surface area contributed by atoms with Crippen LogP contribution in [-0.2, 0) is 0 Å². The van der Waals surface area contributed by atoms with Gasteiger partial charge in [0.1, 0.15) is 6.07 Å². The lowest BCUT2D eigenvalue weighted by Gasteiger charge is -2.28. The van der Waals surface area contributed by atoms with E-state index in [0.29, 0.717) is 11.3 Å². The number of benzene rings is 1. The summed E-state index contributed by atoms with van der Waals surface area (Å²) in [7, 11) is 0. The van der Waals surface area contributed by atoms with Gasteiger partial charge in [0.05, 0.1) is 11.3 Å². The number of nitrogens with zero attached hydrogens (tertiary/aromatic N) is 2. The van der Waals surface area contributed by atoms with Crippen molar-refractivity contribution in [3.63, 3.8) is 0 Å². The van der Waals surface area contributed by atoms with Gasteiger partial charge in [-0.15, -0.1) is 0 Å². The third-order valence-corrected chi connectivity index (χ3v) is 3.47. The lowest BCUT2D eigenvalue weighted by molar-refractivity contribution is 0.859. The monoisotopic (exact) mass is 219 g/mol. The molecule has 78 valence electrons. The van der Waals surface area contributed by atoms with Crippen LogP contribution in [0.25, 0.3) is 0 Å². The SMILES string of the molecule is N#Cc1ccc(N2CCSCC2)cc1N. The van der Waals surface area contributed by atoms with Gasteiger partial charge in [0.2, 0.25) is 0 Å². The van der Waals surface area contributed by atoms with E-state index in [9.17, 15) is 0 Å². The van der Waals surface area contributed by atoms with Crippen molar-refractivity contribution in [2.75, 3.05) is 35.2 Å². The molecule has 3 nitrogen and oxygen atoms in total. The minimum atomic E-state index is 0.560. The first-order chi connectivity index (χ1) is 7.31. The van der Waals surface area contributed by atoms with E-state index in [4.69, 9.17) is 11.0 Å². The standard InChI is InChI=1S/C11H13N3S/c12-8-9-1-2-10(7-11(9)13)14-3-5-15-6-4-14/h1-2,7H,3-6,13H2. The van der Waals surface area contributed by atoms with Crippen LogP contribution in [0.4, 0.5) is 11.4 Å². The van der Waals surface area contributed by atoms with Crippen LogP contribution in [0.2, 0.25) is 0 Å². The molecule has 4 heteroatoms. The van der Waals surface area contributed by atoms with Crippen molar-refractivity contribution in [2.24, 2.45) is 0 Å². The minimum absolute atomic E-state index is 0.560. The molecule has 0 unspecified atom stereocenters. The lowest BCUT2D eigenvalue weighted by Crippen LogP contribution is -2.32. The van der Waals surface area contributed by atoms with Crippen LogP contribution in [0.5, 0.6) is 0 Å². The van der Waals surface area contributed by atoms with E-state index >= 15 is 0 Å². The van der Waals surface area contributed by atoms with E-state index in [0.717, 1.165) is 18.8 Å². The zero-order chi connectivity index (χ0) is 10.7. The van der Waals surface area contributed by atoms with Crippen LogP contribution >= 0.6 is 11.8 Å². The zero-order valence-corrected chi connectivity index (χ0v) is 9.26. The van der Waals surface area contributed by atoms with Crippen LogP contribution in [0.1, 0.15) is 5.56 Å². The summed E-state index contributed by atoms with van der Waals surface area (Å²) in [6.45, 7) is 2.13. The van der Waals surface area contributed by atoms with Crippen molar-refractivity contribution < 1.29 is 0 Å². The fourth-order valence-electron chi connectivity index (χ4n) is 1.67. The molecule has 0 amide bonds. The Morgan fingerprint density at radius 3 is 2.67 bits per heavy atom. The number of thioether (sulfide) groups is 1. The quantitative estimate of drug-likeness (QED) is 0.730. The molecule has 2 rings (SSSR count). The largest absolute Gasteiger partial charge is 0.398 e. The number of hydrogen-bond donors (Lipinski definition) is 1. The van der Waals surface area contributed by atoms with Gasteiger partial charge in [0, 0.05) is 30.3 Å². The van der Waals surface area contributed by atoms with Gasteiger partial charge < -0.3 is 10.6 Å². The maximum Gasteiger partial charge on any atom is 0.101 e. The van der Waals surface area contributed by atoms with Crippen molar-refractivity contribution >= 4 is 23.1 Å². The molecule has 1 aromatic carbocycles. The van der Waals surface area contributed by atoms with Gasteiger partial charge in [-0.05, 0) is 18.2 Å². The molecule has 1 aliphatic rings. The van der Waals surface area contributed by atoms with Crippen LogP contribution in [0.3, 0.4) is 0 Å². The summed E-state index contributed by atoms with van der Waals surface area (Å²) in [5.74, 6) is 2.33. The molecule has 1 aliphatic heterocycles. The van der Waals surface area contributed by atoms with Crippen molar-refractivity contribution in [3.8, 4) is 6.07 Å². The molecule has 15 heavy (non-hydrogen) atoms. The molecular weight excluding hydrogens is 206 g/mol. The molecule has 0 saturated carbocycles. The second-order valence-electron chi connectivity index (χ2n) is 3.48. The van der Waals surface area contributed by atoms with Crippen molar-refractivity contribution in [1.82, 2.24) is 0 Å². The topological polar surface area (TPSA) is 53.0 Å². The van der Waals surface area contributed by atoms with Gasteiger partial charge in [-0.25, -0.2) is 0 Å². The molecular formula is C11H13N3S. The minimum Gasteiger partial charge on any atom is -0.398 e. The molecule has 1 heterocycles. The predicted octanol–water partition coefficient (Wildman–Crippen LogP) is 1.69. The number of nitriles is 1. The van der Waals surface area contributed by atoms with Gasteiger partial charge in [0.15, 0.2) is 0 Å². The summed E-state index contributed by atoms with van der Waals surface area (Å²) in [6.07, 6.45) is 0. The summed E-state index contributed by atoms with van der Waals surface area (Å²) in [6, 6.07) is 7.75. The Bertz CT molecular complexity index is 391. The first-order valence-corrected chi connectivity index (χ1v) is 6.09. The van der Waals surface area contributed by atoms with E-state index in [2.05, 4.69) is 11.0 Å². The smallest absolute Gasteiger partial charge is 0.101 e. The van der Waals surface area contributed by atoms with Gasteiger partial charge in [-0.1, -0.05) is 0 Å². The first kappa shape index (κ1) is 10.2.